The smallest absolute Gasteiger partial charge is 0.305 e. The molecule has 0 aliphatic heterocycles. The summed E-state index contributed by atoms with van der Waals surface area (Å²) in [5, 5.41) is 21.7. The first kappa shape index (κ1) is 14.7. The summed E-state index contributed by atoms with van der Waals surface area (Å²) in [5.41, 5.74) is 0. The Hall–Kier alpha value is -2.32. The lowest BCUT2D eigenvalue weighted by atomic mass is 10.3. The van der Waals surface area contributed by atoms with Crippen LogP contribution in [0.5, 0.6) is 0 Å². The first-order chi connectivity index (χ1) is 8.99. The summed E-state index contributed by atoms with van der Waals surface area (Å²) in [5.74, 6) is -0.992. The second-order valence-corrected chi connectivity index (χ2v) is 3.94. The van der Waals surface area contributed by atoms with Gasteiger partial charge in [0.25, 0.3) is 0 Å². The van der Waals surface area contributed by atoms with Crippen LogP contribution in [0.4, 0.5) is 0 Å². The summed E-state index contributed by atoms with van der Waals surface area (Å²) in [6.07, 6.45) is 0.101. The van der Waals surface area contributed by atoms with Crippen LogP contribution in [-0.2, 0) is 27.3 Å². The summed E-state index contributed by atoms with van der Waals surface area (Å²) >= 11 is 0. The number of carboxylic acid groups (broad SMARTS) is 1. The number of tetrazole rings is 1. The van der Waals surface area contributed by atoms with E-state index in [0.717, 1.165) is 0 Å². The van der Waals surface area contributed by atoms with Crippen LogP contribution in [0.1, 0.15) is 25.6 Å². The molecule has 0 saturated carbocycles. The van der Waals surface area contributed by atoms with Crippen molar-refractivity contribution in [3.63, 3.8) is 0 Å². The Morgan fingerprint density at radius 1 is 1.32 bits per heavy atom. The van der Waals surface area contributed by atoms with Crippen LogP contribution in [0.15, 0.2) is 0 Å². The normalized spacial score (nSPS) is 10.2. The first-order valence-corrected chi connectivity index (χ1v) is 5.72. The summed E-state index contributed by atoms with van der Waals surface area (Å²) in [4.78, 5) is 32.6. The highest BCUT2D eigenvalue weighted by molar-refractivity contribution is 5.78. The van der Waals surface area contributed by atoms with E-state index in [1.54, 1.807) is 0 Å². The molecule has 0 aromatic carbocycles. The maximum absolute atomic E-state index is 11.5. The minimum atomic E-state index is -0.980. The molecule has 9 heteroatoms. The summed E-state index contributed by atoms with van der Waals surface area (Å²) in [6, 6.07) is 0. The number of amides is 1. The van der Waals surface area contributed by atoms with Crippen LogP contribution in [0.25, 0.3) is 0 Å². The minimum Gasteiger partial charge on any atom is -0.481 e. The molecule has 0 radical (unpaired) electrons. The minimum absolute atomic E-state index is 0.00681. The zero-order valence-electron chi connectivity index (χ0n) is 10.5. The van der Waals surface area contributed by atoms with Crippen LogP contribution >= 0.6 is 0 Å². The third kappa shape index (κ3) is 5.70. The van der Waals surface area contributed by atoms with Gasteiger partial charge in [0.15, 0.2) is 5.82 Å². The van der Waals surface area contributed by atoms with E-state index in [-0.39, 0.29) is 31.1 Å². The van der Waals surface area contributed by atoms with E-state index in [1.807, 2.05) is 0 Å². The van der Waals surface area contributed by atoms with Crippen molar-refractivity contribution in [1.29, 1.82) is 0 Å². The maximum atomic E-state index is 11.5. The van der Waals surface area contributed by atoms with Gasteiger partial charge in [-0.05, 0) is 17.4 Å². The maximum Gasteiger partial charge on any atom is 0.305 e. The average Bonchev–Trinajstić information content (AvgIpc) is 2.73. The Labute approximate surface area is 109 Å². The molecule has 0 aliphatic rings. The van der Waals surface area contributed by atoms with Crippen LogP contribution in [0.3, 0.4) is 0 Å². The summed E-state index contributed by atoms with van der Waals surface area (Å²) in [7, 11) is 0. The number of aromatic nitrogens is 4. The van der Waals surface area contributed by atoms with Crippen molar-refractivity contribution in [2.75, 3.05) is 6.54 Å². The molecular weight excluding hydrogens is 254 g/mol. The number of carbonyl (C=O) groups is 3. The van der Waals surface area contributed by atoms with E-state index in [9.17, 15) is 14.4 Å². The van der Waals surface area contributed by atoms with E-state index in [2.05, 4.69) is 20.8 Å². The van der Waals surface area contributed by atoms with Gasteiger partial charge in [-0.25, -0.2) is 4.68 Å². The van der Waals surface area contributed by atoms with Gasteiger partial charge in [-0.1, -0.05) is 0 Å². The molecule has 1 aromatic rings. The molecule has 0 bridgehead atoms. The molecule has 104 valence electrons. The van der Waals surface area contributed by atoms with E-state index in [0.29, 0.717) is 18.8 Å². The van der Waals surface area contributed by atoms with Gasteiger partial charge >= 0.3 is 5.97 Å². The van der Waals surface area contributed by atoms with Gasteiger partial charge in [-0.2, -0.15) is 0 Å². The summed E-state index contributed by atoms with van der Waals surface area (Å²) in [6.45, 7) is 1.84. The van der Waals surface area contributed by atoms with Crippen molar-refractivity contribution in [2.45, 2.75) is 32.7 Å². The lowest BCUT2D eigenvalue weighted by Gasteiger charge is -2.04. The fraction of sp³-hybridized carbons (Fsp3) is 0.600. The van der Waals surface area contributed by atoms with E-state index >= 15 is 0 Å². The molecular formula is C10H15N5O4. The number of rotatable bonds is 8. The van der Waals surface area contributed by atoms with Gasteiger partial charge in [0.2, 0.25) is 5.91 Å². The van der Waals surface area contributed by atoms with E-state index in [4.69, 9.17) is 5.11 Å². The lowest BCUT2D eigenvalue weighted by Crippen LogP contribution is -2.28. The van der Waals surface area contributed by atoms with Crippen LogP contribution < -0.4 is 5.32 Å². The van der Waals surface area contributed by atoms with Gasteiger partial charge in [0.05, 0.1) is 19.4 Å². The predicted octanol–water partition coefficient (Wildman–Crippen LogP) is -1.21. The Bertz CT molecular complexity index is 470. The molecule has 1 heterocycles. The Kier molecular flexibility index (Phi) is 5.58. The van der Waals surface area contributed by atoms with Crippen molar-refractivity contribution in [2.24, 2.45) is 0 Å². The molecule has 2 N–H and O–H groups in total. The fourth-order valence-corrected chi connectivity index (χ4v) is 1.30. The largest absolute Gasteiger partial charge is 0.481 e. The lowest BCUT2D eigenvalue weighted by molar-refractivity contribution is -0.137. The zero-order chi connectivity index (χ0) is 14.3. The highest BCUT2D eigenvalue weighted by Crippen LogP contribution is 1.97. The second-order valence-electron chi connectivity index (χ2n) is 3.94. The molecule has 9 nitrogen and oxygen atoms in total. The first-order valence-electron chi connectivity index (χ1n) is 5.72. The van der Waals surface area contributed by atoms with Crippen molar-refractivity contribution < 1.29 is 19.5 Å². The van der Waals surface area contributed by atoms with Gasteiger partial charge in [0, 0.05) is 13.0 Å². The third-order valence-corrected chi connectivity index (χ3v) is 2.26. The monoisotopic (exact) mass is 269 g/mol. The number of nitrogens with zero attached hydrogens (tertiary/aromatic N) is 4. The molecule has 1 rings (SSSR count). The molecule has 1 amide bonds. The Balaban J connectivity index is 2.43. The molecule has 0 unspecified atom stereocenters. The predicted molar refractivity (Wildman–Crippen MR) is 62.1 cm³/mol. The fourth-order valence-electron chi connectivity index (χ4n) is 1.30. The van der Waals surface area contributed by atoms with Crippen molar-refractivity contribution >= 4 is 17.7 Å². The number of aliphatic carboxylic acids is 1. The van der Waals surface area contributed by atoms with Gasteiger partial charge in [-0.15, -0.1) is 5.10 Å². The topological polar surface area (TPSA) is 127 Å². The Morgan fingerprint density at radius 2 is 2.05 bits per heavy atom. The van der Waals surface area contributed by atoms with E-state index in [1.165, 1.54) is 11.6 Å². The number of nitrogens with one attached hydrogen (secondary N) is 1. The van der Waals surface area contributed by atoms with Crippen molar-refractivity contribution in [3.8, 4) is 0 Å². The molecule has 19 heavy (non-hydrogen) atoms. The number of aryl methyl sites for hydroxylation is 1. The van der Waals surface area contributed by atoms with Crippen LogP contribution in [-0.4, -0.2) is 49.5 Å². The number of hydrogen-bond donors (Lipinski definition) is 2. The van der Waals surface area contributed by atoms with Crippen LogP contribution in [0, 0.1) is 0 Å². The molecule has 0 fully saturated rings. The zero-order valence-corrected chi connectivity index (χ0v) is 10.5. The Morgan fingerprint density at radius 3 is 2.68 bits per heavy atom. The molecule has 0 saturated heterocycles. The van der Waals surface area contributed by atoms with E-state index < -0.39 is 5.97 Å². The average molecular weight is 269 g/mol. The van der Waals surface area contributed by atoms with Gasteiger partial charge in [0.1, 0.15) is 5.78 Å². The number of Topliss-reactive ketones (excluding diaryl/α,β-unsaturated/α-hetero) is 1. The third-order valence-electron chi connectivity index (χ3n) is 2.26. The highest BCUT2D eigenvalue weighted by atomic mass is 16.4. The van der Waals surface area contributed by atoms with Crippen molar-refractivity contribution in [3.05, 3.63) is 5.82 Å². The highest BCUT2D eigenvalue weighted by Gasteiger charge is 2.11. The van der Waals surface area contributed by atoms with Gasteiger partial charge in [-0.3, -0.25) is 14.4 Å². The molecule has 0 atom stereocenters. The number of carbonyl (C=O) groups excluding carboxylic acids is 2. The van der Waals surface area contributed by atoms with Gasteiger partial charge < -0.3 is 10.4 Å². The standard InChI is InChI=1S/C10H15N5O4/c1-7(16)3-5-15-8(12-13-14-15)6-9(17)11-4-2-10(18)19/h2-6H2,1H3,(H,11,17)(H,18,19). The molecule has 0 aliphatic carbocycles. The van der Waals surface area contributed by atoms with Crippen LogP contribution in [0.2, 0.25) is 0 Å². The molecule has 0 spiro atoms. The summed E-state index contributed by atoms with van der Waals surface area (Å²) < 4.78 is 1.39. The molecule has 1 aromatic heterocycles. The second kappa shape index (κ2) is 7.19. The number of hydrogen-bond acceptors (Lipinski definition) is 6. The number of ketones is 1. The quantitative estimate of drug-likeness (QED) is 0.605. The van der Waals surface area contributed by atoms with Crippen molar-refractivity contribution in [1.82, 2.24) is 25.5 Å². The number of carboxylic acids is 1. The SMILES string of the molecule is CC(=O)CCn1nnnc1CC(=O)NCCC(=O)O.